The summed E-state index contributed by atoms with van der Waals surface area (Å²) < 4.78 is 7.01. The Morgan fingerprint density at radius 2 is 1.77 bits per heavy atom. The second-order valence-electron chi connectivity index (χ2n) is 5.45. The van der Waals surface area contributed by atoms with E-state index in [4.69, 9.17) is 4.42 Å². The largest absolute Gasteiger partial charge is 0.439 e. The van der Waals surface area contributed by atoms with Gasteiger partial charge in [-0.1, -0.05) is 42.5 Å². The molecule has 0 bridgehead atoms. The molecule has 22 heavy (non-hydrogen) atoms. The number of hydrogen-bond donors (Lipinski definition) is 0. The molecule has 3 nitrogen and oxygen atoms in total. The fraction of sp³-hybridized carbons (Fsp3) is 0.167. The van der Waals surface area contributed by atoms with E-state index in [2.05, 4.69) is 34.7 Å². The number of para-hydroxylation sites is 1. The molecule has 0 spiro atoms. The van der Waals surface area contributed by atoms with Crippen molar-refractivity contribution in [1.82, 2.24) is 0 Å². The van der Waals surface area contributed by atoms with Crippen LogP contribution in [0.25, 0.3) is 11.0 Å². The molecule has 0 saturated carbocycles. The molecule has 2 heterocycles. The molecule has 0 aliphatic carbocycles. The van der Waals surface area contributed by atoms with E-state index in [1.807, 2.05) is 47.4 Å². The van der Waals surface area contributed by atoms with Crippen LogP contribution in [0.3, 0.4) is 0 Å². The lowest BCUT2D eigenvalue weighted by Gasteiger charge is -2.23. The Morgan fingerprint density at radius 3 is 2.55 bits per heavy atom. The number of hydrogen-bond acceptors (Lipinski definition) is 2. The second-order valence-corrected chi connectivity index (χ2v) is 6.53. The highest BCUT2D eigenvalue weighted by atomic mass is 127. The zero-order chi connectivity index (χ0) is 15.1. The van der Waals surface area contributed by atoms with Crippen LogP contribution in [0.15, 0.2) is 59.0 Å². The van der Waals surface area contributed by atoms with Crippen molar-refractivity contribution in [1.29, 1.82) is 0 Å². The number of fused-ring (bicyclic) bond motifs is 1. The second kappa shape index (κ2) is 5.43. The predicted octanol–water partition coefficient (Wildman–Crippen LogP) is 4.91. The van der Waals surface area contributed by atoms with E-state index >= 15 is 0 Å². The van der Waals surface area contributed by atoms with Gasteiger partial charge in [-0.2, -0.15) is 0 Å². The Morgan fingerprint density at radius 1 is 1.05 bits per heavy atom. The van der Waals surface area contributed by atoms with Gasteiger partial charge in [-0.15, -0.1) is 0 Å². The number of rotatable bonds is 2. The number of furan rings is 1. The standard InChI is InChI=1S/C18H14INO2/c19-17-13-8-4-5-9-15(13)22-18(17)20-14(10-11-16(20)21)12-6-2-1-3-7-12/h1-9,14H,10-11H2. The summed E-state index contributed by atoms with van der Waals surface area (Å²) in [6.07, 6.45) is 1.39. The van der Waals surface area contributed by atoms with Crippen molar-refractivity contribution in [3.63, 3.8) is 0 Å². The van der Waals surface area contributed by atoms with Crippen LogP contribution in [0.4, 0.5) is 5.88 Å². The monoisotopic (exact) mass is 403 g/mol. The Labute approximate surface area is 142 Å². The van der Waals surface area contributed by atoms with Gasteiger partial charge in [0.25, 0.3) is 0 Å². The summed E-state index contributed by atoms with van der Waals surface area (Å²) in [6, 6.07) is 18.1. The van der Waals surface area contributed by atoms with Gasteiger partial charge < -0.3 is 4.42 Å². The highest BCUT2D eigenvalue weighted by Crippen LogP contribution is 2.42. The molecular weight excluding hydrogens is 389 g/mol. The fourth-order valence-corrected chi connectivity index (χ4v) is 3.90. The molecule has 1 saturated heterocycles. The van der Waals surface area contributed by atoms with Crippen LogP contribution in [-0.2, 0) is 4.79 Å². The van der Waals surface area contributed by atoms with Gasteiger partial charge in [0.05, 0.1) is 9.61 Å². The Balaban J connectivity index is 1.84. The normalized spacial score (nSPS) is 18.3. The number of carbonyl (C=O) groups excluding carboxylic acids is 1. The van der Waals surface area contributed by atoms with Crippen molar-refractivity contribution in [3.05, 3.63) is 63.7 Å². The minimum atomic E-state index is 0.0581. The molecule has 2 aromatic carbocycles. The highest BCUT2D eigenvalue weighted by Gasteiger charge is 2.36. The maximum absolute atomic E-state index is 12.5. The lowest BCUT2D eigenvalue weighted by molar-refractivity contribution is -0.117. The summed E-state index contributed by atoms with van der Waals surface area (Å²) in [6.45, 7) is 0. The predicted molar refractivity (Wildman–Crippen MR) is 94.8 cm³/mol. The molecule has 1 atom stereocenters. The molecule has 0 radical (unpaired) electrons. The topological polar surface area (TPSA) is 33.5 Å². The zero-order valence-corrected chi connectivity index (χ0v) is 14.0. The molecule has 3 aromatic rings. The van der Waals surface area contributed by atoms with Crippen molar-refractivity contribution >= 4 is 45.4 Å². The van der Waals surface area contributed by atoms with Crippen LogP contribution in [0, 0.1) is 3.57 Å². The van der Waals surface area contributed by atoms with E-state index in [-0.39, 0.29) is 11.9 Å². The summed E-state index contributed by atoms with van der Waals surface area (Å²) in [7, 11) is 0. The summed E-state index contributed by atoms with van der Waals surface area (Å²) in [5, 5.41) is 1.06. The third-order valence-corrected chi connectivity index (χ3v) is 5.18. The van der Waals surface area contributed by atoms with E-state index in [1.165, 1.54) is 0 Å². The van der Waals surface area contributed by atoms with Gasteiger partial charge in [0.15, 0.2) is 0 Å². The van der Waals surface area contributed by atoms with Gasteiger partial charge in [-0.25, -0.2) is 0 Å². The van der Waals surface area contributed by atoms with Crippen LogP contribution in [-0.4, -0.2) is 5.91 Å². The van der Waals surface area contributed by atoms with Crippen molar-refractivity contribution in [3.8, 4) is 0 Å². The first-order valence-electron chi connectivity index (χ1n) is 7.30. The molecule has 0 N–H and O–H groups in total. The van der Waals surface area contributed by atoms with Gasteiger partial charge in [-0.3, -0.25) is 9.69 Å². The van der Waals surface area contributed by atoms with Gasteiger partial charge in [0.1, 0.15) is 5.58 Å². The van der Waals surface area contributed by atoms with Crippen molar-refractivity contribution in [2.75, 3.05) is 4.90 Å². The summed E-state index contributed by atoms with van der Waals surface area (Å²) in [4.78, 5) is 14.3. The molecule has 1 aliphatic heterocycles. The average molecular weight is 403 g/mol. The first-order valence-corrected chi connectivity index (χ1v) is 8.37. The molecule has 110 valence electrons. The Hall–Kier alpha value is -1.82. The number of benzene rings is 2. The molecule has 1 aliphatic rings. The molecule has 4 heteroatoms. The van der Waals surface area contributed by atoms with Crippen molar-refractivity contribution in [2.24, 2.45) is 0 Å². The minimum Gasteiger partial charge on any atom is -0.439 e. The lowest BCUT2D eigenvalue weighted by atomic mass is 10.0. The quantitative estimate of drug-likeness (QED) is 0.570. The van der Waals surface area contributed by atoms with E-state index in [0.29, 0.717) is 12.3 Å². The first-order chi connectivity index (χ1) is 10.8. The Bertz CT molecular complexity index is 841. The van der Waals surface area contributed by atoms with Gasteiger partial charge in [-0.05, 0) is 46.7 Å². The minimum absolute atomic E-state index is 0.0581. The SMILES string of the molecule is O=C1CCC(c2ccccc2)N1c1oc2ccccc2c1I. The van der Waals surface area contributed by atoms with Crippen LogP contribution in [0.1, 0.15) is 24.4 Å². The molecule has 1 fully saturated rings. The van der Waals surface area contributed by atoms with Crippen LogP contribution in [0.5, 0.6) is 0 Å². The fourth-order valence-electron chi connectivity index (χ4n) is 3.09. The average Bonchev–Trinajstić information content (AvgIpc) is 3.09. The smallest absolute Gasteiger partial charge is 0.230 e. The van der Waals surface area contributed by atoms with E-state index in [0.717, 1.165) is 26.5 Å². The van der Waals surface area contributed by atoms with Gasteiger partial charge in [0.2, 0.25) is 11.8 Å². The van der Waals surface area contributed by atoms with E-state index in [9.17, 15) is 4.79 Å². The lowest BCUT2D eigenvalue weighted by Crippen LogP contribution is -2.27. The van der Waals surface area contributed by atoms with Crippen LogP contribution in [0.2, 0.25) is 0 Å². The third-order valence-electron chi connectivity index (χ3n) is 4.13. The molecule has 1 aromatic heterocycles. The van der Waals surface area contributed by atoms with Crippen molar-refractivity contribution in [2.45, 2.75) is 18.9 Å². The molecule has 4 rings (SSSR count). The third kappa shape index (κ3) is 2.13. The number of anilines is 1. The first kappa shape index (κ1) is 13.8. The van der Waals surface area contributed by atoms with Gasteiger partial charge >= 0.3 is 0 Å². The van der Waals surface area contributed by atoms with E-state index in [1.54, 1.807) is 0 Å². The molecule has 1 amide bonds. The summed E-state index contributed by atoms with van der Waals surface area (Å²) in [5.41, 5.74) is 1.98. The van der Waals surface area contributed by atoms with Gasteiger partial charge in [0, 0.05) is 11.8 Å². The van der Waals surface area contributed by atoms with Crippen LogP contribution < -0.4 is 4.90 Å². The highest BCUT2D eigenvalue weighted by molar-refractivity contribution is 14.1. The number of nitrogens with zero attached hydrogens (tertiary/aromatic N) is 1. The summed E-state index contributed by atoms with van der Waals surface area (Å²) >= 11 is 2.28. The maximum Gasteiger partial charge on any atom is 0.230 e. The zero-order valence-electron chi connectivity index (χ0n) is 11.8. The summed E-state index contributed by atoms with van der Waals surface area (Å²) in [5.74, 6) is 0.809. The molecule has 1 unspecified atom stereocenters. The number of carbonyl (C=O) groups is 1. The van der Waals surface area contributed by atoms with Crippen LogP contribution >= 0.6 is 22.6 Å². The molecular formula is C18H14INO2. The van der Waals surface area contributed by atoms with Crippen molar-refractivity contribution < 1.29 is 9.21 Å². The Kier molecular flexibility index (Phi) is 3.41. The van der Waals surface area contributed by atoms with E-state index < -0.39 is 0 Å². The number of amides is 1. The number of halogens is 1. The maximum atomic E-state index is 12.5.